The molecule has 0 saturated carbocycles. The normalized spacial score (nSPS) is 11.2. The SMILES string of the molecule is CCCn1c(CCCCCl)nc2cccnc21. The number of aromatic nitrogens is 3. The van der Waals surface area contributed by atoms with E-state index in [1.807, 2.05) is 18.3 Å². The molecule has 0 aliphatic rings. The van der Waals surface area contributed by atoms with E-state index in [-0.39, 0.29) is 0 Å². The summed E-state index contributed by atoms with van der Waals surface area (Å²) in [4.78, 5) is 9.08. The van der Waals surface area contributed by atoms with Crippen molar-refractivity contribution in [2.45, 2.75) is 39.2 Å². The lowest BCUT2D eigenvalue weighted by Crippen LogP contribution is -2.04. The maximum Gasteiger partial charge on any atom is 0.159 e. The van der Waals surface area contributed by atoms with Crippen molar-refractivity contribution in [3.05, 3.63) is 24.2 Å². The van der Waals surface area contributed by atoms with Gasteiger partial charge in [0.1, 0.15) is 11.3 Å². The zero-order chi connectivity index (χ0) is 12.1. The average Bonchev–Trinajstić information content (AvgIpc) is 2.69. The van der Waals surface area contributed by atoms with Crippen molar-refractivity contribution < 1.29 is 0 Å². The van der Waals surface area contributed by atoms with Gasteiger partial charge in [0.25, 0.3) is 0 Å². The third-order valence-corrected chi connectivity index (χ3v) is 3.08. The van der Waals surface area contributed by atoms with E-state index in [9.17, 15) is 0 Å². The summed E-state index contributed by atoms with van der Waals surface area (Å²) in [6.45, 7) is 3.17. The van der Waals surface area contributed by atoms with Gasteiger partial charge in [0.2, 0.25) is 0 Å². The van der Waals surface area contributed by atoms with Gasteiger partial charge in [-0.05, 0) is 31.4 Å². The van der Waals surface area contributed by atoms with E-state index < -0.39 is 0 Å². The van der Waals surface area contributed by atoms with Gasteiger partial charge in [-0.25, -0.2) is 9.97 Å². The predicted octanol–water partition coefficient (Wildman–Crippen LogP) is 3.40. The second-order valence-corrected chi connectivity index (χ2v) is 4.55. The van der Waals surface area contributed by atoms with Gasteiger partial charge in [0.15, 0.2) is 5.65 Å². The smallest absolute Gasteiger partial charge is 0.159 e. The Morgan fingerprint density at radius 3 is 3.00 bits per heavy atom. The van der Waals surface area contributed by atoms with E-state index in [1.54, 1.807) is 0 Å². The van der Waals surface area contributed by atoms with Crippen LogP contribution in [0.1, 0.15) is 32.0 Å². The highest BCUT2D eigenvalue weighted by Gasteiger charge is 2.09. The van der Waals surface area contributed by atoms with Crippen molar-refractivity contribution in [3.8, 4) is 0 Å². The number of hydrogen-bond donors (Lipinski definition) is 0. The van der Waals surface area contributed by atoms with E-state index in [0.717, 1.165) is 55.1 Å². The summed E-state index contributed by atoms with van der Waals surface area (Å²) in [7, 11) is 0. The third-order valence-electron chi connectivity index (χ3n) is 2.81. The van der Waals surface area contributed by atoms with Crippen LogP contribution in [0.25, 0.3) is 11.2 Å². The van der Waals surface area contributed by atoms with Gasteiger partial charge < -0.3 is 4.57 Å². The lowest BCUT2D eigenvalue weighted by molar-refractivity contribution is 0.630. The molecule has 0 aromatic carbocycles. The quantitative estimate of drug-likeness (QED) is 0.582. The standard InChI is InChI=1S/C13H18ClN3/c1-2-10-17-12(7-3-4-8-14)16-11-6-5-9-15-13(11)17/h5-6,9H,2-4,7-8,10H2,1H3. The van der Waals surface area contributed by atoms with E-state index in [2.05, 4.69) is 21.5 Å². The first-order chi connectivity index (χ1) is 8.36. The molecule has 0 atom stereocenters. The Morgan fingerprint density at radius 2 is 2.24 bits per heavy atom. The van der Waals surface area contributed by atoms with Crippen molar-refractivity contribution >= 4 is 22.8 Å². The Kier molecular flexibility index (Phi) is 4.37. The molecule has 0 aliphatic heterocycles. The highest BCUT2D eigenvalue weighted by molar-refractivity contribution is 6.17. The lowest BCUT2D eigenvalue weighted by Gasteiger charge is -2.06. The minimum absolute atomic E-state index is 0.728. The molecule has 2 heterocycles. The van der Waals surface area contributed by atoms with Crippen molar-refractivity contribution in [1.82, 2.24) is 14.5 Å². The number of unbranched alkanes of at least 4 members (excludes halogenated alkanes) is 1. The van der Waals surface area contributed by atoms with Crippen LogP contribution in [0, 0.1) is 0 Å². The summed E-state index contributed by atoms with van der Waals surface area (Å²) in [5.41, 5.74) is 2.01. The van der Waals surface area contributed by atoms with Crippen LogP contribution in [-0.4, -0.2) is 20.4 Å². The Balaban J connectivity index is 2.29. The molecule has 0 radical (unpaired) electrons. The highest BCUT2D eigenvalue weighted by atomic mass is 35.5. The number of alkyl halides is 1. The van der Waals surface area contributed by atoms with Crippen LogP contribution in [0.2, 0.25) is 0 Å². The number of imidazole rings is 1. The molecule has 4 heteroatoms. The number of rotatable bonds is 6. The summed E-state index contributed by atoms with van der Waals surface area (Å²) < 4.78 is 2.24. The number of aryl methyl sites for hydroxylation is 2. The van der Waals surface area contributed by atoms with Gasteiger partial charge in [-0.1, -0.05) is 6.92 Å². The van der Waals surface area contributed by atoms with Gasteiger partial charge >= 0.3 is 0 Å². The summed E-state index contributed by atoms with van der Waals surface area (Å²) in [5.74, 6) is 1.87. The van der Waals surface area contributed by atoms with Gasteiger partial charge in [0, 0.05) is 25.0 Å². The van der Waals surface area contributed by atoms with E-state index in [0.29, 0.717) is 0 Å². The van der Waals surface area contributed by atoms with E-state index in [1.165, 1.54) is 0 Å². The maximum absolute atomic E-state index is 5.71. The first-order valence-corrected chi connectivity index (χ1v) is 6.76. The molecule has 2 aromatic rings. The van der Waals surface area contributed by atoms with Crippen LogP contribution in [0.5, 0.6) is 0 Å². The largest absolute Gasteiger partial charge is 0.313 e. The average molecular weight is 252 g/mol. The minimum atomic E-state index is 0.728. The van der Waals surface area contributed by atoms with Crippen LogP contribution in [0.15, 0.2) is 18.3 Å². The summed E-state index contributed by atoms with van der Waals surface area (Å²) in [6, 6.07) is 3.97. The molecule has 3 nitrogen and oxygen atoms in total. The van der Waals surface area contributed by atoms with Gasteiger partial charge in [0.05, 0.1) is 0 Å². The van der Waals surface area contributed by atoms with Gasteiger partial charge in [-0.3, -0.25) is 0 Å². The van der Waals surface area contributed by atoms with Crippen LogP contribution in [0.3, 0.4) is 0 Å². The Hall–Kier alpha value is -1.09. The highest BCUT2D eigenvalue weighted by Crippen LogP contribution is 2.16. The Bertz CT molecular complexity index is 478. The maximum atomic E-state index is 5.71. The number of nitrogens with zero attached hydrogens (tertiary/aromatic N) is 3. The molecule has 0 aliphatic carbocycles. The first kappa shape index (κ1) is 12.4. The van der Waals surface area contributed by atoms with Gasteiger partial charge in [-0.15, -0.1) is 11.6 Å². The summed E-state index contributed by atoms with van der Waals surface area (Å²) in [6.07, 6.45) is 6.06. The van der Waals surface area contributed by atoms with Crippen LogP contribution in [-0.2, 0) is 13.0 Å². The fourth-order valence-electron chi connectivity index (χ4n) is 2.03. The first-order valence-electron chi connectivity index (χ1n) is 6.23. The molecular formula is C13H18ClN3. The summed E-state index contributed by atoms with van der Waals surface area (Å²) in [5, 5.41) is 0. The fraction of sp³-hybridized carbons (Fsp3) is 0.538. The van der Waals surface area contributed by atoms with Crippen LogP contribution < -0.4 is 0 Å². The predicted molar refractivity (Wildman–Crippen MR) is 71.5 cm³/mol. The molecule has 92 valence electrons. The van der Waals surface area contributed by atoms with Crippen LogP contribution >= 0.6 is 11.6 Å². The molecule has 2 aromatic heterocycles. The monoisotopic (exact) mass is 251 g/mol. The second kappa shape index (κ2) is 6.01. The number of pyridine rings is 1. The number of halogens is 1. The van der Waals surface area contributed by atoms with E-state index >= 15 is 0 Å². The van der Waals surface area contributed by atoms with Crippen molar-refractivity contribution in [1.29, 1.82) is 0 Å². The molecule has 17 heavy (non-hydrogen) atoms. The number of fused-ring (bicyclic) bond motifs is 1. The van der Waals surface area contributed by atoms with Crippen molar-refractivity contribution in [3.63, 3.8) is 0 Å². The van der Waals surface area contributed by atoms with Crippen molar-refractivity contribution in [2.75, 3.05) is 5.88 Å². The molecular weight excluding hydrogens is 234 g/mol. The van der Waals surface area contributed by atoms with Crippen molar-refractivity contribution in [2.24, 2.45) is 0 Å². The van der Waals surface area contributed by atoms with Gasteiger partial charge in [-0.2, -0.15) is 0 Å². The zero-order valence-electron chi connectivity index (χ0n) is 10.2. The third kappa shape index (κ3) is 2.78. The fourth-order valence-corrected chi connectivity index (χ4v) is 2.22. The van der Waals surface area contributed by atoms with E-state index in [4.69, 9.17) is 11.6 Å². The minimum Gasteiger partial charge on any atom is -0.313 e. The zero-order valence-corrected chi connectivity index (χ0v) is 11.0. The second-order valence-electron chi connectivity index (χ2n) is 4.17. The number of hydrogen-bond acceptors (Lipinski definition) is 2. The Morgan fingerprint density at radius 1 is 1.35 bits per heavy atom. The molecule has 0 amide bonds. The molecule has 0 saturated heterocycles. The molecule has 0 spiro atoms. The Labute approximate surface area is 107 Å². The summed E-state index contributed by atoms with van der Waals surface area (Å²) >= 11 is 5.71. The topological polar surface area (TPSA) is 30.7 Å². The molecule has 0 unspecified atom stereocenters. The molecule has 0 bridgehead atoms. The molecule has 0 N–H and O–H groups in total. The van der Waals surface area contributed by atoms with Crippen LogP contribution in [0.4, 0.5) is 0 Å². The molecule has 0 fully saturated rings. The molecule has 2 rings (SSSR count). The lowest BCUT2D eigenvalue weighted by atomic mass is 10.2.